The zero-order valence-electron chi connectivity index (χ0n) is 20.3. The Kier molecular flexibility index (Phi) is 6.97. The van der Waals surface area contributed by atoms with E-state index in [1.54, 1.807) is 48.5 Å². The summed E-state index contributed by atoms with van der Waals surface area (Å²) in [5.74, 6) is 0.839. The average Bonchev–Trinajstić information content (AvgIpc) is 2.83. The fraction of sp³-hybridized carbons (Fsp3) is 0.133. The SMILES string of the molecule is Cc1ccc(NC(=O)c2ccc(Oc3ccc(C(=O)Nc4ccc(C)cc4C)cc3)cc2)c(C)c1. The predicted molar refractivity (Wildman–Crippen MR) is 141 cm³/mol. The zero-order valence-corrected chi connectivity index (χ0v) is 20.3. The van der Waals surface area contributed by atoms with Gasteiger partial charge >= 0.3 is 0 Å². The highest BCUT2D eigenvalue weighted by Gasteiger charge is 2.10. The molecule has 0 aromatic heterocycles. The smallest absolute Gasteiger partial charge is 0.255 e. The highest BCUT2D eigenvalue weighted by molar-refractivity contribution is 6.05. The van der Waals surface area contributed by atoms with Gasteiger partial charge in [-0.25, -0.2) is 0 Å². The molecule has 0 saturated heterocycles. The number of hydrogen-bond donors (Lipinski definition) is 2. The fourth-order valence-electron chi connectivity index (χ4n) is 3.78. The molecule has 4 rings (SSSR count). The highest BCUT2D eigenvalue weighted by atomic mass is 16.5. The monoisotopic (exact) mass is 464 g/mol. The summed E-state index contributed by atoms with van der Waals surface area (Å²) in [6.45, 7) is 7.98. The largest absolute Gasteiger partial charge is 0.457 e. The lowest BCUT2D eigenvalue weighted by molar-refractivity contribution is 0.101. The lowest BCUT2D eigenvalue weighted by Crippen LogP contribution is -2.12. The molecule has 0 atom stereocenters. The first-order chi connectivity index (χ1) is 16.8. The van der Waals surface area contributed by atoms with Crippen LogP contribution in [0.1, 0.15) is 43.0 Å². The molecule has 176 valence electrons. The summed E-state index contributed by atoms with van der Waals surface area (Å²) >= 11 is 0. The topological polar surface area (TPSA) is 67.4 Å². The molecule has 4 aromatic carbocycles. The first-order valence-corrected chi connectivity index (χ1v) is 11.4. The van der Waals surface area contributed by atoms with E-state index < -0.39 is 0 Å². The van der Waals surface area contributed by atoms with Crippen LogP contribution in [-0.4, -0.2) is 11.8 Å². The Hall–Kier alpha value is -4.38. The summed E-state index contributed by atoms with van der Waals surface area (Å²) in [5.41, 5.74) is 7.00. The highest BCUT2D eigenvalue weighted by Crippen LogP contribution is 2.24. The minimum Gasteiger partial charge on any atom is -0.457 e. The van der Waals surface area contributed by atoms with Gasteiger partial charge in [-0.05, 0) is 99.5 Å². The van der Waals surface area contributed by atoms with E-state index in [9.17, 15) is 9.59 Å². The lowest BCUT2D eigenvalue weighted by Gasteiger charge is -2.11. The van der Waals surface area contributed by atoms with Crippen molar-refractivity contribution in [2.45, 2.75) is 27.7 Å². The van der Waals surface area contributed by atoms with Crippen molar-refractivity contribution in [2.75, 3.05) is 10.6 Å². The summed E-state index contributed by atoms with van der Waals surface area (Å²) < 4.78 is 5.89. The van der Waals surface area contributed by atoms with Gasteiger partial charge in [0, 0.05) is 22.5 Å². The Morgan fingerprint density at radius 1 is 0.543 bits per heavy atom. The number of benzene rings is 4. The predicted octanol–water partition coefficient (Wildman–Crippen LogP) is 7.22. The van der Waals surface area contributed by atoms with Crippen LogP contribution in [0, 0.1) is 27.7 Å². The Morgan fingerprint density at radius 3 is 1.26 bits per heavy atom. The summed E-state index contributed by atoms with van der Waals surface area (Å²) in [6, 6.07) is 25.7. The number of nitrogens with one attached hydrogen (secondary N) is 2. The molecule has 0 heterocycles. The number of ether oxygens (including phenoxy) is 1. The van der Waals surface area contributed by atoms with E-state index >= 15 is 0 Å². The Bertz CT molecular complexity index is 1270. The Balaban J connectivity index is 1.37. The van der Waals surface area contributed by atoms with Crippen LogP contribution in [0.5, 0.6) is 11.5 Å². The number of aryl methyl sites for hydroxylation is 4. The van der Waals surface area contributed by atoms with Crippen molar-refractivity contribution in [3.8, 4) is 11.5 Å². The van der Waals surface area contributed by atoms with Gasteiger partial charge in [-0.1, -0.05) is 35.4 Å². The second-order valence-corrected chi connectivity index (χ2v) is 8.70. The minimum atomic E-state index is -0.178. The Labute approximate surface area is 205 Å². The molecule has 5 heteroatoms. The summed E-state index contributed by atoms with van der Waals surface area (Å²) in [5, 5.41) is 5.89. The molecule has 0 unspecified atom stereocenters. The van der Waals surface area contributed by atoms with Crippen molar-refractivity contribution in [1.82, 2.24) is 0 Å². The van der Waals surface area contributed by atoms with Crippen molar-refractivity contribution in [1.29, 1.82) is 0 Å². The van der Waals surface area contributed by atoms with Gasteiger partial charge in [0.25, 0.3) is 11.8 Å². The minimum absolute atomic E-state index is 0.178. The molecule has 0 aliphatic heterocycles. The van der Waals surface area contributed by atoms with E-state index in [0.717, 1.165) is 33.6 Å². The van der Waals surface area contributed by atoms with Crippen LogP contribution in [0.25, 0.3) is 0 Å². The van der Waals surface area contributed by atoms with Crippen LogP contribution in [0.15, 0.2) is 84.9 Å². The average molecular weight is 465 g/mol. The van der Waals surface area contributed by atoms with Gasteiger partial charge in [0.05, 0.1) is 0 Å². The quantitative estimate of drug-likeness (QED) is 0.317. The summed E-state index contributed by atoms with van der Waals surface area (Å²) in [6.07, 6.45) is 0. The maximum atomic E-state index is 12.6. The van der Waals surface area contributed by atoms with E-state index in [1.807, 2.05) is 64.1 Å². The molecule has 2 N–H and O–H groups in total. The van der Waals surface area contributed by atoms with Crippen LogP contribution in [0.2, 0.25) is 0 Å². The molecule has 2 amide bonds. The molecular formula is C30H28N2O3. The maximum absolute atomic E-state index is 12.6. The molecule has 0 saturated carbocycles. The van der Waals surface area contributed by atoms with E-state index in [1.165, 1.54) is 0 Å². The van der Waals surface area contributed by atoms with Crippen LogP contribution < -0.4 is 15.4 Å². The normalized spacial score (nSPS) is 10.5. The fourth-order valence-corrected chi connectivity index (χ4v) is 3.78. The van der Waals surface area contributed by atoms with Crippen molar-refractivity contribution in [2.24, 2.45) is 0 Å². The summed E-state index contributed by atoms with van der Waals surface area (Å²) in [4.78, 5) is 25.2. The van der Waals surface area contributed by atoms with Gasteiger partial charge in [-0.3, -0.25) is 9.59 Å². The van der Waals surface area contributed by atoms with Crippen molar-refractivity contribution in [3.63, 3.8) is 0 Å². The molecule has 0 fully saturated rings. The van der Waals surface area contributed by atoms with Gasteiger partial charge in [0.2, 0.25) is 0 Å². The molecule has 0 bridgehead atoms. The zero-order chi connectivity index (χ0) is 24.9. The van der Waals surface area contributed by atoms with Crippen LogP contribution in [0.3, 0.4) is 0 Å². The van der Waals surface area contributed by atoms with Gasteiger partial charge in [0.1, 0.15) is 11.5 Å². The molecule has 4 aromatic rings. The second-order valence-electron chi connectivity index (χ2n) is 8.70. The third-order valence-electron chi connectivity index (χ3n) is 5.73. The van der Waals surface area contributed by atoms with Gasteiger partial charge in [0.15, 0.2) is 0 Å². The molecule has 5 nitrogen and oxygen atoms in total. The first-order valence-electron chi connectivity index (χ1n) is 11.4. The molecule has 0 radical (unpaired) electrons. The number of hydrogen-bond acceptors (Lipinski definition) is 3. The molecule has 0 aliphatic carbocycles. The van der Waals surface area contributed by atoms with E-state index in [-0.39, 0.29) is 11.8 Å². The lowest BCUT2D eigenvalue weighted by atomic mass is 10.1. The summed E-state index contributed by atoms with van der Waals surface area (Å²) in [7, 11) is 0. The number of amides is 2. The first kappa shape index (κ1) is 23.8. The number of carbonyl (C=O) groups is 2. The molecule has 0 spiro atoms. The molecular weight excluding hydrogens is 436 g/mol. The number of anilines is 2. The van der Waals surface area contributed by atoms with Crippen LogP contribution >= 0.6 is 0 Å². The van der Waals surface area contributed by atoms with Crippen molar-refractivity contribution in [3.05, 3.63) is 118 Å². The van der Waals surface area contributed by atoms with E-state index in [4.69, 9.17) is 4.74 Å². The number of carbonyl (C=O) groups excluding carboxylic acids is 2. The van der Waals surface area contributed by atoms with Gasteiger partial charge in [-0.15, -0.1) is 0 Å². The Morgan fingerprint density at radius 2 is 0.914 bits per heavy atom. The van der Waals surface area contributed by atoms with Gasteiger partial charge < -0.3 is 15.4 Å². The number of rotatable bonds is 6. The van der Waals surface area contributed by atoms with E-state index in [2.05, 4.69) is 10.6 Å². The maximum Gasteiger partial charge on any atom is 0.255 e. The van der Waals surface area contributed by atoms with Crippen molar-refractivity contribution >= 4 is 23.2 Å². The van der Waals surface area contributed by atoms with Gasteiger partial charge in [-0.2, -0.15) is 0 Å². The third-order valence-corrected chi connectivity index (χ3v) is 5.73. The molecule has 0 aliphatic rings. The standard InChI is InChI=1S/C30H28N2O3/c1-19-5-15-27(21(3)17-19)31-29(33)23-7-11-25(12-8-23)35-26-13-9-24(10-14-26)30(34)32-28-16-6-20(2)18-22(28)4/h5-18H,1-4H3,(H,31,33)(H,32,34). The van der Waals surface area contributed by atoms with Crippen LogP contribution in [-0.2, 0) is 0 Å². The second kappa shape index (κ2) is 10.3. The van der Waals surface area contributed by atoms with Crippen molar-refractivity contribution < 1.29 is 14.3 Å². The van der Waals surface area contributed by atoms with Crippen LogP contribution in [0.4, 0.5) is 11.4 Å². The van der Waals surface area contributed by atoms with E-state index in [0.29, 0.717) is 22.6 Å². The third kappa shape index (κ3) is 5.95. The molecule has 35 heavy (non-hydrogen) atoms.